The van der Waals surface area contributed by atoms with Gasteiger partial charge in [-0.3, -0.25) is 9.48 Å². The Bertz CT molecular complexity index is 481. The van der Waals surface area contributed by atoms with Gasteiger partial charge in [0, 0.05) is 25.1 Å². The van der Waals surface area contributed by atoms with E-state index in [0.717, 1.165) is 6.42 Å². The van der Waals surface area contributed by atoms with Crippen molar-refractivity contribution in [3.8, 4) is 0 Å². The van der Waals surface area contributed by atoms with Gasteiger partial charge >= 0.3 is 0 Å². The van der Waals surface area contributed by atoms with E-state index in [-0.39, 0.29) is 23.5 Å². The molecule has 2 atom stereocenters. The molecule has 2 rings (SSSR count). The van der Waals surface area contributed by atoms with Gasteiger partial charge in [-0.1, -0.05) is 13.8 Å². The number of aromatic nitrogens is 2. The van der Waals surface area contributed by atoms with Crippen LogP contribution in [0.4, 0.5) is 5.82 Å². The standard InChI is InChI=1S/C13H22N4O2/c1-5-19-10-6-9(13(10,2)3)16-12(18)8-7-15-17(4)11(8)14/h7,9-10H,5-6,14H2,1-4H3,(H,16,18). The second kappa shape index (κ2) is 4.85. The van der Waals surface area contributed by atoms with E-state index < -0.39 is 0 Å². The molecule has 1 amide bonds. The van der Waals surface area contributed by atoms with Crippen LogP contribution in [-0.4, -0.2) is 34.4 Å². The highest BCUT2D eigenvalue weighted by Crippen LogP contribution is 2.42. The fraction of sp³-hybridized carbons (Fsp3) is 0.692. The maximum atomic E-state index is 12.1. The molecular weight excluding hydrogens is 244 g/mol. The van der Waals surface area contributed by atoms with Gasteiger partial charge in [0.25, 0.3) is 5.91 Å². The first-order valence-corrected chi connectivity index (χ1v) is 6.57. The molecule has 3 N–H and O–H groups in total. The number of ether oxygens (including phenoxy) is 1. The average Bonchev–Trinajstić information content (AvgIpc) is 2.69. The Hall–Kier alpha value is -1.56. The number of rotatable bonds is 4. The van der Waals surface area contributed by atoms with E-state index in [0.29, 0.717) is 18.0 Å². The molecule has 1 saturated carbocycles. The van der Waals surface area contributed by atoms with Crippen molar-refractivity contribution in [2.45, 2.75) is 39.3 Å². The lowest BCUT2D eigenvalue weighted by Crippen LogP contribution is -2.62. The summed E-state index contributed by atoms with van der Waals surface area (Å²) in [5.74, 6) is 0.217. The summed E-state index contributed by atoms with van der Waals surface area (Å²) in [4.78, 5) is 12.1. The van der Waals surface area contributed by atoms with Gasteiger partial charge in [-0.15, -0.1) is 0 Å². The lowest BCUT2D eigenvalue weighted by atomic mass is 9.64. The number of carbonyl (C=O) groups is 1. The molecule has 1 fully saturated rings. The molecule has 2 unspecified atom stereocenters. The van der Waals surface area contributed by atoms with E-state index in [1.807, 2.05) is 6.92 Å². The summed E-state index contributed by atoms with van der Waals surface area (Å²) in [6.07, 6.45) is 2.54. The van der Waals surface area contributed by atoms with Crippen molar-refractivity contribution >= 4 is 11.7 Å². The lowest BCUT2D eigenvalue weighted by molar-refractivity contribution is -0.111. The normalized spacial score (nSPS) is 24.8. The van der Waals surface area contributed by atoms with Crippen LogP contribution in [0.2, 0.25) is 0 Å². The maximum absolute atomic E-state index is 12.1. The zero-order valence-corrected chi connectivity index (χ0v) is 11.9. The summed E-state index contributed by atoms with van der Waals surface area (Å²) in [6.45, 7) is 6.89. The Balaban J connectivity index is 2.00. The molecule has 0 spiro atoms. The Morgan fingerprint density at radius 3 is 2.84 bits per heavy atom. The highest BCUT2D eigenvalue weighted by molar-refractivity contribution is 5.98. The Labute approximate surface area is 113 Å². The summed E-state index contributed by atoms with van der Waals surface area (Å²) < 4.78 is 7.14. The van der Waals surface area contributed by atoms with Crippen molar-refractivity contribution in [1.82, 2.24) is 15.1 Å². The minimum atomic E-state index is -0.168. The van der Waals surface area contributed by atoms with Crippen LogP contribution in [0.25, 0.3) is 0 Å². The number of nitrogens with zero attached hydrogens (tertiary/aromatic N) is 2. The predicted octanol–water partition coefficient (Wildman–Crippen LogP) is 0.936. The van der Waals surface area contributed by atoms with Gasteiger partial charge in [-0.05, 0) is 13.3 Å². The third kappa shape index (κ3) is 2.32. The minimum absolute atomic E-state index is 0.0529. The fourth-order valence-electron chi connectivity index (χ4n) is 2.47. The number of carbonyl (C=O) groups excluding carboxylic acids is 1. The molecule has 19 heavy (non-hydrogen) atoms. The highest BCUT2D eigenvalue weighted by Gasteiger charge is 2.49. The summed E-state index contributed by atoms with van der Waals surface area (Å²) in [5, 5.41) is 6.99. The van der Waals surface area contributed by atoms with Crippen LogP contribution >= 0.6 is 0 Å². The maximum Gasteiger partial charge on any atom is 0.256 e. The third-order valence-corrected chi connectivity index (χ3v) is 4.08. The number of hydrogen-bond donors (Lipinski definition) is 2. The van der Waals surface area contributed by atoms with Gasteiger partial charge in [-0.25, -0.2) is 0 Å². The number of amides is 1. The average molecular weight is 266 g/mol. The Morgan fingerprint density at radius 1 is 1.68 bits per heavy atom. The SMILES string of the molecule is CCOC1CC(NC(=O)c2cnn(C)c2N)C1(C)C. The summed E-state index contributed by atoms with van der Waals surface area (Å²) >= 11 is 0. The molecule has 0 aliphatic heterocycles. The Kier molecular flexibility index (Phi) is 3.54. The van der Waals surface area contributed by atoms with Crippen LogP contribution in [0.5, 0.6) is 0 Å². The third-order valence-electron chi connectivity index (χ3n) is 4.08. The van der Waals surface area contributed by atoms with Crippen molar-refractivity contribution in [2.24, 2.45) is 12.5 Å². The largest absolute Gasteiger partial charge is 0.383 e. The van der Waals surface area contributed by atoms with Gasteiger partial charge in [0.1, 0.15) is 11.4 Å². The van der Waals surface area contributed by atoms with E-state index in [1.165, 1.54) is 10.9 Å². The molecule has 0 radical (unpaired) electrons. The topological polar surface area (TPSA) is 82.2 Å². The van der Waals surface area contributed by atoms with Gasteiger partial charge in [0.15, 0.2) is 0 Å². The van der Waals surface area contributed by atoms with Crippen LogP contribution < -0.4 is 11.1 Å². The van der Waals surface area contributed by atoms with Crippen molar-refractivity contribution in [2.75, 3.05) is 12.3 Å². The molecule has 1 heterocycles. The zero-order chi connectivity index (χ0) is 14.2. The monoisotopic (exact) mass is 266 g/mol. The molecule has 0 saturated heterocycles. The smallest absolute Gasteiger partial charge is 0.256 e. The van der Waals surface area contributed by atoms with E-state index in [1.54, 1.807) is 7.05 Å². The van der Waals surface area contributed by atoms with Crippen LogP contribution in [0.15, 0.2) is 6.20 Å². The number of hydrogen-bond acceptors (Lipinski definition) is 4. The molecule has 106 valence electrons. The zero-order valence-electron chi connectivity index (χ0n) is 11.9. The summed E-state index contributed by atoms with van der Waals surface area (Å²) in [5.41, 5.74) is 6.17. The molecule has 6 nitrogen and oxygen atoms in total. The van der Waals surface area contributed by atoms with Gasteiger partial charge in [0.05, 0.1) is 12.3 Å². The number of nitrogens with two attached hydrogens (primary N) is 1. The molecule has 0 aromatic carbocycles. The van der Waals surface area contributed by atoms with Gasteiger partial charge in [0.2, 0.25) is 0 Å². The second-order valence-corrected chi connectivity index (χ2v) is 5.59. The Morgan fingerprint density at radius 2 is 2.37 bits per heavy atom. The molecule has 6 heteroatoms. The van der Waals surface area contributed by atoms with E-state index in [4.69, 9.17) is 10.5 Å². The first-order valence-electron chi connectivity index (χ1n) is 6.57. The van der Waals surface area contributed by atoms with Crippen molar-refractivity contribution in [1.29, 1.82) is 0 Å². The van der Waals surface area contributed by atoms with Crippen molar-refractivity contribution < 1.29 is 9.53 Å². The number of anilines is 1. The molecule has 1 aromatic heterocycles. The first kappa shape index (κ1) is 13.9. The number of nitrogen functional groups attached to an aromatic ring is 1. The minimum Gasteiger partial charge on any atom is -0.383 e. The quantitative estimate of drug-likeness (QED) is 0.849. The van der Waals surface area contributed by atoms with Gasteiger partial charge < -0.3 is 15.8 Å². The number of nitrogens with one attached hydrogen (secondary N) is 1. The second-order valence-electron chi connectivity index (χ2n) is 5.59. The van der Waals surface area contributed by atoms with Crippen molar-refractivity contribution in [3.63, 3.8) is 0 Å². The van der Waals surface area contributed by atoms with Crippen molar-refractivity contribution in [3.05, 3.63) is 11.8 Å². The molecule has 1 aromatic rings. The summed E-state index contributed by atoms with van der Waals surface area (Å²) in [7, 11) is 1.71. The first-order chi connectivity index (χ1) is 8.87. The van der Waals surface area contributed by atoms with E-state index in [9.17, 15) is 4.79 Å². The van der Waals surface area contributed by atoms with E-state index >= 15 is 0 Å². The number of aryl methyl sites for hydroxylation is 1. The van der Waals surface area contributed by atoms with Crippen LogP contribution in [0, 0.1) is 5.41 Å². The van der Waals surface area contributed by atoms with Crippen LogP contribution in [-0.2, 0) is 11.8 Å². The predicted molar refractivity (Wildman–Crippen MR) is 72.7 cm³/mol. The summed E-state index contributed by atoms with van der Waals surface area (Å²) in [6, 6.07) is 0.108. The molecular formula is C13H22N4O2. The molecule has 1 aliphatic carbocycles. The van der Waals surface area contributed by atoms with Crippen LogP contribution in [0.3, 0.4) is 0 Å². The molecule has 0 bridgehead atoms. The highest BCUT2D eigenvalue weighted by atomic mass is 16.5. The van der Waals surface area contributed by atoms with Gasteiger partial charge in [-0.2, -0.15) is 5.10 Å². The lowest BCUT2D eigenvalue weighted by Gasteiger charge is -2.51. The van der Waals surface area contributed by atoms with Crippen LogP contribution in [0.1, 0.15) is 37.6 Å². The van der Waals surface area contributed by atoms with E-state index in [2.05, 4.69) is 24.3 Å². The molecule has 1 aliphatic rings. The fourth-order valence-corrected chi connectivity index (χ4v) is 2.47.